The molecule has 1 N–H and O–H groups in total. The Hall–Kier alpha value is -1.73. The van der Waals surface area contributed by atoms with Crippen molar-refractivity contribution in [2.75, 3.05) is 33.4 Å². The van der Waals surface area contributed by atoms with Gasteiger partial charge in [0, 0.05) is 36.2 Å². The van der Waals surface area contributed by atoms with Gasteiger partial charge in [0.1, 0.15) is 5.75 Å². The molecule has 0 unspecified atom stereocenters. The lowest BCUT2D eigenvalue weighted by Gasteiger charge is -2.41. The summed E-state index contributed by atoms with van der Waals surface area (Å²) >= 11 is 8.27. The fourth-order valence-electron chi connectivity index (χ4n) is 4.79. The van der Waals surface area contributed by atoms with Crippen molar-refractivity contribution < 1.29 is 9.84 Å². The number of thiazole rings is 1. The van der Waals surface area contributed by atoms with E-state index in [0.717, 1.165) is 86.8 Å². The summed E-state index contributed by atoms with van der Waals surface area (Å²) in [4.78, 5) is 11.4. The molecule has 0 saturated carbocycles. The summed E-state index contributed by atoms with van der Waals surface area (Å²) in [6.07, 6.45) is 10.8. The topological polar surface area (TPSA) is 58.5 Å². The molecule has 1 aliphatic heterocycles. The van der Waals surface area contributed by atoms with Gasteiger partial charge in [-0.3, -0.25) is 4.98 Å². The first kappa shape index (κ1) is 23.4. The zero-order chi connectivity index (χ0) is 22.4. The Bertz CT molecular complexity index is 1000. The van der Waals surface area contributed by atoms with Crippen LogP contribution in [-0.2, 0) is 12.8 Å². The fourth-order valence-corrected chi connectivity index (χ4v) is 5.70. The third-order valence-corrected chi connectivity index (χ3v) is 8.03. The Morgan fingerprint density at radius 3 is 2.75 bits per heavy atom. The molecule has 32 heavy (non-hydrogen) atoms. The lowest BCUT2D eigenvalue weighted by atomic mass is 9.75. The third-order valence-electron chi connectivity index (χ3n) is 6.87. The summed E-state index contributed by atoms with van der Waals surface area (Å²) in [5.74, 6) is 0.817. The number of pyridine rings is 1. The molecule has 1 aromatic carbocycles. The van der Waals surface area contributed by atoms with Gasteiger partial charge in [-0.1, -0.05) is 11.6 Å². The number of methoxy groups -OCH3 is 1. The molecular formula is C25H32ClN3O2S. The molecule has 0 amide bonds. The molecule has 3 heterocycles. The maximum atomic E-state index is 10.2. The number of hydrogen-bond donors (Lipinski definition) is 1. The predicted molar refractivity (Wildman–Crippen MR) is 132 cm³/mol. The molecule has 1 saturated heterocycles. The summed E-state index contributed by atoms with van der Waals surface area (Å²) in [7, 11) is 1.68. The second-order valence-electron chi connectivity index (χ2n) is 8.85. The van der Waals surface area contributed by atoms with Crippen molar-refractivity contribution in [2.24, 2.45) is 5.41 Å². The van der Waals surface area contributed by atoms with Crippen LogP contribution in [0, 0.1) is 5.41 Å². The first-order valence-electron chi connectivity index (χ1n) is 11.5. The van der Waals surface area contributed by atoms with Gasteiger partial charge >= 0.3 is 0 Å². The van der Waals surface area contributed by atoms with E-state index >= 15 is 0 Å². The Morgan fingerprint density at radius 1 is 1.19 bits per heavy atom. The predicted octanol–water partition coefficient (Wildman–Crippen LogP) is 5.38. The van der Waals surface area contributed by atoms with Crippen LogP contribution in [0.25, 0.3) is 10.9 Å². The van der Waals surface area contributed by atoms with Crippen LogP contribution in [0.5, 0.6) is 5.75 Å². The summed E-state index contributed by atoms with van der Waals surface area (Å²) in [5, 5.41) is 15.3. The van der Waals surface area contributed by atoms with Crippen LogP contribution in [0.2, 0.25) is 5.02 Å². The molecule has 0 atom stereocenters. The summed E-state index contributed by atoms with van der Waals surface area (Å²) in [6, 6.07) is 5.93. The van der Waals surface area contributed by atoms with Gasteiger partial charge in [0.15, 0.2) is 0 Å². The van der Waals surface area contributed by atoms with Gasteiger partial charge in [-0.15, -0.1) is 11.3 Å². The van der Waals surface area contributed by atoms with Crippen molar-refractivity contribution in [3.05, 3.63) is 51.6 Å². The summed E-state index contributed by atoms with van der Waals surface area (Å²) in [5.41, 5.74) is 2.09. The van der Waals surface area contributed by atoms with E-state index in [0.29, 0.717) is 5.02 Å². The van der Waals surface area contributed by atoms with E-state index in [1.165, 1.54) is 5.01 Å². The fraction of sp³-hybridized carbons (Fsp3) is 0.520. The highest BCUT2D eigenvalue weighted by Crippen LogP contribution is 2.37. The molecule has 7 heteroatoms. The zero-order valence-corrected chi connectivity index (χ0v) is 20.3. The van der Waals surface area contributed by atoms with Crippen LogP contribution in [0.4, 0.5) is 0 Å². The monoisotopic (exact) mass is 473 g/mol. The lowest BCUT2D eigenvalue weighted by molar-refractivity contribution is 0.0353. The minimum absolute atomic E-state index is 0.0266. The first-order valence-corrected chi connectivity index (χ1v) is 12.7. The van der Waals surface area contributed by atoms with Crippen molar-refractivity contribution in [2.45, 2.75) is 44.9 Å². The van der Waals surface area contributed by atoms with Crippen LogP contribution in [0.3, 0.4) is 0 Å². The van der Waals surface area contributed by atoms with Gasteiger partial charge in [0.25, 0.3) is 0 Å². The van der Waals surface area contributed by atoms with Crippen molar-refractivity contribution in [3.8, 4) is 5.75 Å². The van der Waals surface area contributed by atoms with Crippen molar-refractivity contribution in [3.63, 3.8) is 0 Å². The summed E-state index contributed by atoms with van der Waals surface area (Å²) in [6.45, 7) is 3.50. The first-order chi connectivity index (χ1) is 15.6. The Balaban J connectivity index is 1.31. The van der Waals surface area contributed by atoms with E-state index in [4.69, 9.17) is 16.3 Å². The molecule has 2 aromatic heterocycles. The molecule has 172 valence electrons. The molecular weight excluding hydrogens is 442 g/mol. The SMILES string of the molecule is COc1ccc2ncc(Cl)c(CCCC3(CO)CCN(CCCc4nccs4)CC3)c2c1. The highest BCUT2D eigenvalue weighted by atomic mass is 35.5. The second kappa shape index (κ2) is 10.9. The number of aryl methyl sites for hydroxylation is 2. The van der Waals surface area contributed by atoms with E-state index in [1.807, 2.05) is 29.8 Å². The van der Waals surface area contributed by atoms with Crippen molar-refractivity contribution >= 4 is 33.8 Å². The molecule has 5 nitrogen and oxygen atoms in total. The molecule has 3 aromatic rings. The Kier molecular flexibility index (Phi) is 8.00. The number of aromatic nitrogens is 2. The lowest BCUT2D eigenvalue weighted by Crippen LogP contribution is -2.42. The number of hydrogen-bond acceptors (Lipinski definition) is 6. The van der Waals surface area contributed by atoms with Crippen LogP contribution in [0.1, 0.15) is 42.7 Å². The zero-order valence-electron chi connectivity index (χ0n) is 18.7. The van der Waals surface area contributed by atoms with Crippen molar-refractivity contribution in [1.82, 2.24) is 14.9 Å². The molecule has 4 rings (SSSR count). The quantitative estimate of drug-likeness (QED) is 0.428. The van der Waals surface area contributed by atoms with Gasteiger partial charge in [-0.2, -0.15) is 0 Å². The van der Waals surface area contributed by atoms with E-state index in [2.05, 4.69) is 14.9 Å². The van der Waals surface area contributed by atoms with E-state index in [-0.39, 0.29) is 12.0 Å². The number of fused-ring (bicyclic) bond motifs is 1. The third kappa shape index (κ3) is 5.60. The maximum absolute atomic E-state index is 10.2. The second-order valence-corrected chi connectivity index (χ2v) is 10.2. The molecule has 0 bridgehead atoms. The van der Waals surface area contributed by atoms with Gasteiger partial charge in [-0.05, 0) is 87.3 Å². The van der Waals surface area contributed by atoms with E-state index in [1.54, 1.807) is 24.6 Å². The van der Waals surface area contributed by atoms with Crippen LogP contribution >= 0.6 is 22.9 Å². The molecule has 1 aliphatic rings. The van der Waals surface area contributed by atoms with Gasteiger partial charge in [0.05, 0.1) is 22.7 Å². The maximum Gasteiger partial charge on any atom is 0.119 e. The number of aliphatic hydroxyl groups is 1. The number of piperidine rings is 1. The Labute approximate surface area is 199 Å². The molecule has 0 spiro atoms. The standard InChI is InChI=1S/C25H32ClN3O2S/c1-31-19-6-7-23-21(16-19)20(22(26)17-28-23)4-2-8-25(18-30)9-13-29(14-10-25)12-3-5-24-27-11-15-32-24/h6-7,11,15-17,30H,2-5,8-10,12-14,18H2,1H3. The average Bonchev–Trinajstić information content (AvgIpc) is 3.35. The highest BCUT2D eigenvalue weighted by Gasteiger charge is 2.33. The molecule has 1 fully saturated rings. The van der Waals surface area contributed by atoms with E-state index in [9.17, 15) is 5.11 Å². The number of nitrogens with zero attached hydrogens (tertiary/aromatic N) is 3. The molecule has 0 radical (unpaired) electrons. The van der Waals surface area contributed by atoms with Gasteiger partial charge in [-0.25, -0.2) is 4.98 Å². The number of rotatable bonds is 10. The Morgan fingerprint density at radius 2 is 2.03 bits per heavy atom. The highest BCUT2D eigenvalue weighted by molar-refractivity contribution is 7.09. The number of halogens is 1. The van der Waals surface area contributed by atoms with E-state index < -0.39 is 0 Å². The number of ether oxygens (including phenoxy) is 1. The smallest absolute Gasteiger partial charge is 0.119 e. The van der Waals surface area contributed by atoms with Crippen LogP contribution < -0.4 is 4.74 Å². The largest absolute Gasteiger partial charge is 0.497 e. The number of benzene rings is 1. The summed E-state index contributed by atoms with van der Waals surface area (Å²) < 4.78 is 5.40. The van der Waals surface area contributed by atoms with Crippen molar-refractivity contribution in [1.29, 1.82) is 0 Å². The molecule has 0 aliphatic carbocycles. The van der Waals surface area contributed by atoms with Gasteiger partial charge < -0.3 is 14.7 Å². The minimum atomic E-state index is 0.0266. The number of likely N-dealkylation sites (tertiary alicyclic amines) is 1. The number of aliphatic hydroxyl groups excluding tert-OH is 1. The van der Waals surface area contributed by atoms with Crippen LogP contribution in [-0.4, -0.2) is 53.3 Å². The van der Waals surface area contributed by atoms with Gasteiger partial charge in [0.2, 0.25) is 0 Å². The van der Waals surface area contributed by atoms with Crippen LogP contribution in [0.15, 0.2) is 36.0 Å². The average molecular weight is 474 g/mol. The minimum Gasteiger partial charge on any atom is -0.497 e. The normalized spacial score (nSPS) is 16.5.